The third-order valence-electron chi connectivity index (χ3n) is 3.49. The van der Waals surface area contributed by atoms with E-state index in [1.165, 1.54) is 0 Å². The van der Waals surface area contributed by atoms with Gasteiger partial charge in [-0.2, -0.15) is 5.10 Å². The Morgan fingerprint density at radius 2 is 2.27 bits per heavy atom. The van der Waals surface area contributed by atoms with Crippen molar-refractivity contribution in [2.75, 3.05) is 20.3 Å². The van der Waals surface area contributed by atoms with Crippen molar-refractivity contribution in [2.45, 2.75) is 6.54 Å². The SMILES string of the molecule is COCCN(Cc1ccco1)C(=O)c1cccc2cn[nH]c12. The number of nitrogens with zero attached hydrogens (tertiary/aromatic N) is 2. The number of nitrogens with one attached hydrogen (secondary N) is 1. The summed E-state index contributed by atoms with van der Waals surface area (Å²) in [7, 11) is 1.62. The first-order valence-corrected chi connectivity index (χ1v) is 7.02. The third kappa shape index (κ3) is 2.87. The number of carbonyl (C=O) groups is 1. The Balaban J connectivity index is 1.89. The van der Waals surface area contributed by atoms with Gasteiger partial charge in [0.25, 0.3) is 5.91 Å². The third-order valence-corrected chi connectivity index (χ3v) is 3.49. The minimum atomic E-state index is -0.0803. The Kier molecular flexibility index (Phi) is 4.20. The maximum absolute atomic E-state index is 12.9. The number of rotatable bonds is 6. The molecule has 22 heavy (non-hydrogen) atoms. The van der Waals surface area contributed by atoms with E-state index in [0.29, 0.717) is 25.3 Å². The lowest BCUT2D eigenvalue weighted by Gasteiger charge is -2.21. The second-order valence-corrected chi connectivity index (χ2v) is 4.94. The molecule has 2 heterocycles. The Labute approximate surface area is 127 Å². The molecule has 1 N–H and O–H groups in total. The van der Waals surface area contributed by atoms with Crippen LogP contribution in [0, 0.1) is 0 Å². The minimum Gasteiger partial charge on any atom is -0.467 e. The lowest BCUT2D eigenvalue weighted by molar-refractivity contribution is 0.0668. The smallest absolute Gasteiger partial charge is 0.256 e. The van der Waals surface area contributed by atoms with Crippen LogP contribution < -0.4 is 0 Å². The monoisotopic (exact) mass is 299 g/mol. The van der Waals surface area contributed by atoms with Crippen LogP contribution in [-0.2, 0) is 11.3 Å². The van der Waals surface area contributed by atoms with E-state index >= 15 is 0 Å². The van der Waals surface area contributed by atoms with Crippen LogP contribution >= 0.6 is 0 Å². The molecule has 0 fully saturated rings. The molecule has 1 amide bonds. The number of ether oxygens (including phenoxy) is 1. The first-order chi connectivity index (χ1) is 10.8. The van der Waals surface area contributed by atoms with Gasteiger partial charge in [0, 0.05) is 19.0 Å². The molecule has 114 valence electrons. The van der Waals surface area contributed by atoms with Gasteiger partial charge in [-0.15, -0.1) is 0 Å². The summed E-state index contributed by atoms with van der Waals surface area (Å²) in [5.41, 5.74) is 1.34. The van der Waals surface area contributed by atoms with Crippen molar-refractivity contribution in [1.29, 1.82) is 0 Å². The van der Waals surface area contributed by atoms with Crippen LogP contribution in [0.3, 0.4) is 0 Å². The highest BCUT2D eigenvalue weighted by Gasteiger charge is 2.19. The number of furan rings is 1. The Hall–Kier alpha value is -2.60. The van der Waals surface area contributed by atoms with E-state index in [4.69, 9.17) is 9.15 Å². The van der Waals surface area contributed by atoms with Gasteiger partial charge >= 0.3 is 0 Å². The number of amides is 1. The van der Waals surface area contributed by atoms with Crippen molar-refractivity contribution >= 4 is 16.8 Å². The average molecular weight is 299 g/mol. The fraction of sp³-hybridized carbons (Fsp3) is 0.250. The van der Waals surface area contributed by atoms with Crippen LogP contribution in [0.5, 0.6) is 0 Å². The minimum absolute atomic E-state index is 0.0803. The van der Waals surface area contributed by atoms with Crippen molar-refractivity contribution in [2.24, 2.45) is 0 Å². The number of benzene rings is 1. The molecule has 6 nitrogen and oxygen atoms in total. The second-order valence-electron chi connectivity index (χ2n) is 4.94. The fourth-order valence-corrected chi connectivity index (χ4v) is 2.36. The molecule has 3 aromatic rings. The molecule has 0 unspecified atom stereocenters. The first-order valence-electron chi connectivity index (χ1n) is 7.02. The molecule has 0 aliphatic carbocycles. The average Bonchev–Trinajstić information content (AvgIpc) is 3.21. The van der Waals surface area contributed by atoms with Crippen LogP contribution in [0.2, 0.25) is 0 Å². The highest BCUT2D eigenvalue weighted by atomic mass is 16.5. The molecule has 0 atom stereocenters. The number of fused-ring (bicyclic) bond motifs is 1. The van der Waals surface area contributed by atoms with Gasteiger partial charge in [0.1, 0.15) is 5.76 Å². The van der Waals surface area contributed by atoms with Crippen LogP contribution in [0.4, 0.5) is 0 Å². The summed E-state index contributed by atoms with van der Waals surface area (Å²) in [6.07, 6.45) is 3.31. The van der Waals surface area contributed by atoms with Gasteiger partial charge in [-0.1, -0.05) is 12.1 Å². The Morgan fingerprint density at radius 1 is 1.36 bits per heavy atom. The summed E-state index contributed by atoms with van der Waals surface area (Å²) in [4.78, 5) is 14.6. The second kappa shape index (κ2) is 6.44. The molecule has 1 aromatic carbocycles. The van der Waals surface area contributed by atoms with E-state index in [-0.39, 0.29) is 5.91 Å². The number of aromatic amines is 1. The van der Waals surface area contributed by atoms with Crippen molar-refractivity contribution in [3.05, 3.63) is 54.1 Å². The molecule has 6 heteroatoms. The number of carbonyl (C=O) groups excluding carboxylic acids is 1. The highest BCUT2D eigenvalue weighted by Crippen LogP contribution is 2.18. The zero-order valence-corrected chi connectivity index (χ0v) is 12.3. The fourth-order valence-electron chi connectivity index (χ4n) is 2.36. The van der Waals surface area contributed by atoms with Crippen LogP contribution in [0.1, 0.15) is 16.1 Å². The number of hydrogen-bond acceptors (Lipinski definition) is 4. The quantitative estimate of drug-likeness (QED) is 0.759. The normalized spacial score (nSPS) is 11.0. The molecule has 0 aliphatic heterocycles. The predicted molar refractivity (Wildman–Crippen MR) is 81.4 cm³/mol. The molecule has 3 rings (SSSR count). The Morgan fingerprint density at radius 3 is 3.05 bits per heavy atom. The summed E-state index contributed by atoms with van der Waals surface area (Å²) in [5, 5.41) is 7.80. The zero-order chi connectivity index (χ0) is 15.4. The number of methoxy groups -OCH3 is 1. The summed E-state index contributed by atoms with van der Waals surface area (Å²) >= 11 is 0. The Bertz CT molecular complexity index is 749. The van der Waals surface area contributed by atoms with Crippen LogP contribution in [0.25, 0.3) is 10.9 Å². The number of H-pyrrole nitrogens is 1. The molecular formula is C16H17N3O3. The summed E-state index contributed by atoms with van der Waals surface area (Å²) in [5.74, 6) is 0.657. The van der Waals surface area contributed by atoms with E-state index in [0.717, 1.165) is 16.7 Å². The van der Waals surface area contributed by atoms with E-state index in [1.54, 1.807) is 30.5 Å². The van der Waals surface area contributed by atoms with Gasteiger partial charge in [0.15, 0.2) is 0 Å². The van der Waals surface area contributed by atoms with Crippen molar-refractivity contribution < 1.29 is 13.9 Å². The lowest BCUT2D eigenvalue weighted by Crippen LogP contribution is -2.33. The van der Waals surface area contributed by atoms with Gasteiger partial charge in [-0.05, 0) is 18.2 Å². The predicted octanol–water partition coefficient (Wildman–Crippen LogP) is 2.44. The number of para-hydroxylation sites is 1. The van der Waals surface area contributed by atoms with Crippen molar-refractivity contribution in [1.82, 2.24) is 15.1 Å². The van der Waals surface area contributed by atoms with Crippen LogP contribution in [-0.4, -0.2) is 41.3 Å². The molecule has 0 aliphatic rings. The standard InChI is InChI=1S/C16H17N3O3/c1-21-9-7-19(11-13-5-3-8-22-13)16(20)14-6-2-4-12-10-17-18-15(12)14/h2-6,8,10H,7,9,11H2,1H3,(H,17,18). The van der Waals surface area contributed by atoms with Gasteiger partial charge in [0.2, 0.25) is 0 Å². The van der Waals surface area contributed by atoms with Gasteiger partial charge < -0.3 is 14.1 Å². The zero-order valence-electron chi connectivity index (χ0n) is 12.3. The molecule has 2 aromatic heterocycles. The molecule has 0 saturated carbocycles. The van der Waals surface area contributed by atoms with Gasteiger partial charge in [-0.25, -0.2) is 0 Å². The van der Waals surface area contributed by atoms with E-state index in [2.05, 4.69) is 10.2 Å². The molecule has 0 saturated heterocycles. The molecule has 0 bridgehead atoms. The summed E-state index contributed by atoms with van der Waals surface area (Å²) in [6, 6.07) is 9.23. The summed E-state index contributed by atoms with van der Waals surface area (Å²) in [6.45, 7) is 1.35. The summed E-state index contributed by atoms with van der Waals surface area (Å²) < 4.78 is 10.5. The van der Waals surface area contributed by atoms with E-state index < -0.39 is 0 Å². The molecule has 0 radical (unpaired) electrons. The highest BCUT2D eigenvalue weighted by molar-refractivity contribution is 6.05. The van der Waals surface area contributed by atoms with Crippen molar-refractivity contribution in [3.63, 3.8) is 0 Å². The maximum Gasteiger partial charge on any atom is 0.256 e. The molecule has 0 spiro atoms. The van der Waals surface area contributed by atoms with Crippen molar-refractivity contribution in [3.8, 4) is 0 Å². The first kappa shape index (κ1) is 14.3. The van der Waals surface area contributed by atoms with E-state index in [9.17, 15) is 4.79 Å². The number of hydrogen-bond donors (Lipinski definition) is 1. The van der Waals surface area contributed by atoms with Gasteiger partial charge in [-0.3, -0.25) is 9.89 Å². The van der Waals surface area contributed by atoms with Crippen LogP contribution in [0.15, 0.2) is 47.2 Å². The number of aromatic nitrogens is 2. The largest absolute Gasteiger partial charge is 0.467 e. The lowest BCUT2D eigenvalue weighted by atomic mass is 10.1. The molecular weight excluding hydrogens is 282 g/mol. The van der Waals surface area contributed by atoms with E-state index in [1.807, 2.05) is 24.3 Å². The maximum atomic E-state index is 12.9. The van der Waals surface area contributed by atoms with Gasteiger partial charge in [0.05, 0.1) is 36.7 Å². The topological polar surface area (TPSA) is 71.4 Å².